The maximum atomic E-state index is 11.2. The molecular weight excluding hydrogens is 244 g/mol. The van der Waals surface area contributed by atoms with Crippen molar-refractivity contribution in [3.63, 3.8) is 0 Å². The first-order valence-electron chi connectivity index (χ1n) is 6.45. The average Bonchev–Trinajstić information content (AvgIpc) is 2.64. The first-order chi connectivity index (χ1) is 9.02. The molecule has 2 atom stereocenters. The predicted octanol–water partition coefficient (Wildman–Crippen LogP) is 2.04. The van der Waals surface area contributed by atoms with E-state index in [0.29, 0.717) is 12.8 Å². The molecule has 2 rings (SSSR count). The van der Waals surface area contributed by atoms with E-state index in [1.165, 1.54) is 0 Å². The van der Waals surface area contributed by atoms with Gasteiger partial charge in [-0.15, -0.1) is 0 Å². The molecular formula is C14H18N2O3. The highest BCUT2D eigenvalue weighted by Gasteiger charge is 2.42. The second-order valence-electron chi connectivity index (χ2n) is 5.21. The highest BCUT2D eigenvalue weighted by molar-refractivity contribution is 6.25. The molecule has 2 aliphatic rings. The van der Waals surface area contributed by atoms with Gasteiger partial charge >= 0.3 is 6.21 Å². The summed E-state index contributed by atoms with van der Waals surface area (Å²) in [7, 11) is 0. The van der Waals surface area contributed by atoms with Crippen LogP contribution < -0.4 is 0 Å². The molecule has 1 aliphatic heterocycles. The maximum Gasteiger partial charge on any atom is 0.323 e. The van der Waals surface area contributed by atoms with Gasteiger partial charge in [-0.05, 0) is 32.3 Å². The summed E-state index contributed by atoms with van der Waals surface area (Å²) in [6.07, 6.45) is 8.68. The summed E-state index contributed by atoms with van der Waals surface area (Å²) >= 11 is 0. The van der Waals surface area contributed by atoms with Crippen LogP contribution in [0.4, 0.5) is 0 Å². The van der Waals surface area contributed by atoms with E-state index in [0.717, 1.165) is 18.2 Å². The molecule has 0 N–H and O–H groups in total. The highest BCUT2D eigenvalue weighted by Crippen LogP contribution is 2.36. The van der Waals surface area contributed by atoms with Gasteiger partial charge in [0.05, 0.1) is 0 Å². The average molecular weight is 262 g/mol. The molecule has 0 aromatic rings. The summed E-state index contributed by atoms with van der Waals surface area (Å²) < 4.78 is 11.7. The van der Waals surface area contributed by atoms with Crippen LogP contribution in [0.1, 0.15) is 33.1 Å². The minimum Gasteiger partial charge on any atom is -0.361 e. The van der Waals surface area contributed by atoms with E-state index in [4.69, 9.17) is 15.0 Å². The van der Waals surface area contributed by atoms with E-state index in [1.54, 1.807) is 0 Å². The molecule has 102 valence electrons. The van der Waals surface area contributed by atoms with E-state index >= 15 is 0 Å². The van der Waals surface area contributed by atoms with E-state index < -0.39 is 5.79 Å². The number of carbonyl (C=O) groups is 1. The Kier molecular flexibility index (Phi) is 4.10. The Labute approximate surface area is 112 Å². The fourth-order valence-corrected chi connectivity index (χ4v) is 2.42. The molecule has 1 aliphatic carbocycles. The van der Waals surface area contributed by atoms with E-state index in [-0.39, 0.29) is 18.0 Å². The smallest absolute Gasteiger partial charge is 0.323 e. The molecule has 0 unspecified atom stereocenters. The molecule has 5 nitrogen and oxygen atoms in total. The van der Waals surface area contributed by atoms with Crippen LogP contribution >= 0.6 is 0 Å². The zero-order valence-electron chi connectivity index (χ0n) is 11.2. The molecule has 1 heterocycles. The van der Waals surface area contributed by atoms with Crippen molar-refractivity contribution in [2.45, 2.75) is 51.1 Å². The van der Waals surface area contributed by atoms with Crippen molar-refractivity contribution in [3.05, 3.63) is 29.3 Å². The van der Waals surface area contributed by atoms with E-state index in [9.17, 15) is 4.79 Å². The number of carbonyl (C=O) groups excluding carboxylic acids is 1. The molecule has 0 aromatic carbocycles. The molecule has 1 saturated heterocycles. The zero-order chi connectivity index (χ0) is 13.9. The number of allylic oxidation sites excluding steroid dienone is 2. The van der Waals surface area contributed by atoms with Crippen LogP contribution in [0.25, 0.3) is 5.53 Å². The number of ether oxygens (including phenoxy) is 2. The minimum absolute atomic E-state index is 0.0373. The zero-order valence-corrected chi connectivity index (χ0v) is 11.2. The molecule has 5 heteroatoms. The third-order valence-electron chi connectivity index (χ3n) is 3.20. The normalized spacial score (nSPS) is 27.4. The molecule has 0 saturated carbocycles. The third kappa shape index (κ3) is 3.47. The molecule has 0 radical (unpaired) electrons. The summed E-state index contributed by atoms with van der Waals surface area (Å²) in [6.45, 7) is 3.80. The van der Waals surface area contributed by atoms with Gasteiger partial charge in [-0.2, -0.15) is 4.79 Å². The lowest BCUT2D eigenvalue weighted by Gasteiger charge is -2.20. The van der Waals surface area contributed by atoms with Crippen LogP contribution in [-0.4, -0.2) is 34.8 Å². The summed E-state index contributed by atoms with van der Waals surface area (Å²) in [5.74, 6) is -0.738. The standard InChI is InChI=1S/C14H18N2O3/c1-14(2)18-12-8-4-6-10(13(12)19-14)5-3-7-11(17)9-16-15/h4,6,8-9,12-13H,3,5,7H2,1-2H3/t12-,13+/m0/s1. The number of Topliss-reactive ketones (excluding diaryl/α,β-unsaturated/α-hetero) is 1. The van der Waals surface area contributed by atoms with Crippen molar-refractivity contribution in [2.24, 2.45) is 0 Å². The molecule has 1 fully saturated rings. The van der Waals surface area contributed by atoms with Crippen molar-refractivity contribution in [1.29, 1.82) is 0 Å². The van der Waals surface area contributed by atoms with Gasteiger partial charge in [-0.25, -0.2) is 0 Å². The summed E-state index contributed by atoms with van der Waals surface area (Å²) in [5.41, 5.74) is 9.40. The van der Waals surface area contributed by atoms with Crippen molar-refractivity contribution >= 4 is 12.0 Å². The topological polar surface area (TPSA) is 71.9 Å². The molecule has 0 aromatic heterocycles. The van der Waals surface area contributed by atoms with Crippen LogP contribution in [0.2, 0.25) is 0 Å². The predicted molar refractivity (Wildman–Crippen MR) is 69.6 cm³/mol. The lowest BCUT2D eigenvalue weighted by Crippen LogP contribution is -2.25. The van der Waals surface area contributed by atoms with Gasteiger partial charge < -0.3 is 15.0 Å². The first kappa shape index (κ1) is 13.9. The van der Waals surface area contributed by atoms with Gasteiger partial charge in [0.25, 0.3) is 0 Å². The maximum absolute atomic E-state index is 11.2. The summed E-state index contributed by atoms with van der Waals surface area (Å²) in [6, 6.07) is 0. The Hall–Kier alpha value is -1.55. The summed E-state index contributed by atoms with van der Waals surface area (Å²) in [5, 5.41) is 0. The molecule has 0 spiro atoms. The van der Waals surface area contributed by atoms with Gasteiger partial charge in [0.15, 0.2) is 5.79 Å². The molecule has 0 amide bonds. The number of hydrogen-bond acceptors (Lipinski definition) is 3. The Morgan fingerprint density at radius 1 is 1.53 bits per heavy atom. The Morgan fingerprint density at radius 3 is 3.05 bits per heavy atom. The monoisotopic (exact) mass is 262 g/mol. The highest BCUT2D eigenvalue weighted by atomic mass is 16.7. The van der Waals surface area contributed by atoms with Gasteiger partial charge in [-0.3, -0.25) is 4.79 Å². The van der Waals surface area contributed by atoms with Gasteiger partial charge in [-0.1, -0.05) is 18.2 Å². The van der Waals surface area contributed by atoms with Gasteiger partial charge in [0.1, 0.15) is 12.2 Å². The van der Waals surface area contributed by atoms with E-state index in [2.05, 4.69) is 4.79 Å². The van der Waals surface area contributed by atoms with Gasteiger partial charge in [0, 0.05) is 6.42 Å². The van der Waals surface area contributed by atoms with Crippen molar-refractivity contribution in [1.82, 2.24) is 0 Å². The van der Waals surface area contributed by atoms with Crippen molar-refractivity contribution < 1.29 is 19.1 Å². The SMILES string of the molecule is CC1(C)O[C@H]2C=CC=C(CCCC(=O)C=[N+]=[N-])[C@H]2O1. The largest absolute Gasteiger partial charge is 0.361 e. The van der Waals surface area contributed by atoms with Crippen LogP contribution in [0.15, 0.2) is 23.8 Å². The Balaban J connectivity index is 1.90. The third-order valence-corrected chi connectivity index (χ3v) is 3.20. The van der Waals surface area contributed by atoms with Crippen molar-refractivity contribution in [3.8, 4) is 0 Å². The number of fused-ring (bicyclic) bond motifs is 1. The quantitative estimate of drug-likeness (QED) is 0.432. The van der Waals surface area contributed by atoms with Crippen LogP contribution in [0.3, 0.4) is 0 Å². The Bertz CT molecular complexity index is 473. The Morgan fingerprint density at radius 2 is 2.32 bits per heavy atom. The number of rotatable bonds is 5. The first-order valence-corrected chi connectivity index (χ1v) is 6.45. The lowest BCUT2D eigenvalue weighted by molar-refractivity contribution is -0.139. The fraction of sp³-hybridized carbons (Fsp3) is 0.571. The van der Waals surface area contributed by atoms with Crippen molar-refractivity contribution in [2.75, 3.05) is 0 Å². The summed E-state index contributed by atoms with van der Waals surface area (Å²) in [4.78, 5) is 13.9. The number of nitrogens with zero attached hydrogens (tertiary/aromatic N) is 2. The molecule has 0 bridgehead atoms. The van der Waals surface area contributed by atoms with Gasteiger partial charge in [0.2, 0.25) is 5.78 Å². The van der Waals surface area contributed by atoms with Crippen LogP contribution in [0.5, 0.6) is 0 Å². The number of ketones is 1. The van der Waals surface area contributed by atoms with Crippen LogP contribution in [0, 0.1) is 0 Å². The fourth-order valence-electron chi connectivity index (χ4n) is 2.42. The minimum atomic E-state index is -0.567. The van der Waals surface area contributed by atoms with E-state index in [1.807, 2.05) is 32.1 Å². The van der Waals surface area contributed by atoms with Crippen LogP contribution in [-0.2, 0) is 14.3 Å². The number of hydrogen-bond donors (Lipinski definition) is 0. The second kappa shape index (κ2) is 5.61. The second-order valence-corrected chi connectivity index (χ2v) is 5.21. The lowest BCUT2D eigenvalue weighted by atomic mass is 9.94. The molecule has 19 heavy (non-hydrogen) atoms.